The first-order chi connectivity index (χ1) is 13.2. The lowest BCUT2D eigenvalue weighted by molar-refractivity contribution is 0.304. The number of aromatic nitrogens is 4. The van der Waals surface area contributed by atoms with Gasteiger partial charge in [0.25, 0.3) is 0 Å². The highest BCUT2D eigenvalue weighted by molar-refractivity contribution is 6.35. The lowest BCUT2D eigenvalue weighted by Gasteiger charge is -2.16. The van der Waals surface area contributed by atoms with E-state index < -0.39 is 0 Å². The highest BCUT2D eigenvalue weighted by atomic mass is 35.5. The minimum atomic E-state index is 0.0808. The molecule has 0 bridgehead atoms. The summed E-state index contributed by atoms with van der Waals surface area (Å²) in [5.41, 5.74) is 3.59. The zero-order valence-corrected chi connectivity index (χ0v) is 15.5. The molecule has 4 aromatic rings. The molecule has 0 radical (unpaired) electrons. The van der Waals surface area contributed by atoms with Crippen molar-refractivity contribution in [3.63, 3.8) is 0 Å². The molecule has 1 N–H and O–H groups in total. The van der Waals surface area contributed by atoms with Gasteiger partial charge in [-0.1, -0.05) is 29.8 Å². The molecule has 7 heteroatoms. The zero-order chi connectivity index (χ0) is 18.8. The molecule has 0 aliphatic rings. The fourth-order valence-corrected chi connectivity index (χ4v) is 3.29. The Hall–Kier alpha value is -2.96. The molecule has 0 saturated heterocycles. The van der Waals surface area contributed by atoms with Crippen LogP contribution in [0.25, 0.3) is 27.8 Å². The van der Waals surface area contributed by atoms with Gasteiger partial charge >= 0.3 is 0 Å². The molecule has 0 atom stereocenters. The molecular formula is C20H18ClN5O. The van der Waals surface area contributed by atoms with Gasteiger partial charge in [-0.25, -0.2) is 15.0 Å². The molecule has 0 saturated carbocycles. The Balaban J connectivity index is 1.85. The maximum atomic E-state index is 9.09. The molecule has 3 aromatic heterocycles. The van der Waals surface area contributed by atoms with Gasteiger partial charge in [0, 0.05) is 42.8 Å². The molecule has 3 heterocycles. The molecule has 0 spiro atoms. The molecule has 4 rings (SSSR count). The third-order valence-electron chi connectivity index (χ3n) is 4.46. The molecule has 0 aliphatic carbocycles. The summed E-state index contributed by atoms with van der Waals surface area (Å²) in [5.74, 6) is 0.793. The van der Waals surface area contributed by atoms with Crippen molar-refractivity contribution in [3.05, 3.63) is 66.3 Å². The van der Waals surface area contributed by atoms with Crippen molar-refractivity contribution in [2.45, 2.75) is 0 Å². The molecule has 0 fully saturated rings. The summed E-state index contributed by atoms with van der Waals surface area (Å²) in [5, 5.41) is 10.3. The summed E-state index contributed by atoms with van der Waals surface area (Å²) < 4.78 is 2.00. The maximum absolute atomic E-state index is 9.09. The number of para-hydroxylation sites is 1. The smallest absolute Gasteiger partial charge is 0.150 e. The standard InChI is InChI=1S/C20H18ClN5O/c1-25(9-10-27)17-8-7-14(11-22-17)16-12-26(15-5-3-2-4-6-15)20-18(16)19(21)23-13-24-20/h2-8,11-13,27H,9-10H2,1H3. The van der Waals surface area contributed by atoms with Gasteiger partial charge in [-0.2, -0.15) is 0 Å². The number of benzene rings is 1. The molecule has 1 aromatic carbocycles. The van der Waals surface area contributed by atoms with Crippen LogP contribution in [0.3, 0.4) is 0 Å². The van der Waals surface area contributed by atoms with E-state index in [1.165, 1.54) is 6.33 Å². The highest BCUT2D eigenvalue weighted by Crippen LogP contribution is 2.35. The molecule has 27 heavy (non-hydrogen) atoms. The topological polar surface area (TPSA) is 67.1 Å². The van der Waals surface area contributed by atoms with Gasteiger partial charge in [0.15, 0.2) is 0 Å². The third kappa shape index (κ3) is 3.25. The number of hydrogen-bond donors (Lipinski definition) is 1. The Labute approximate surface area is 161 Å². The number of anilines is 1. The average molecular weight is 380 g/mol. The minimum Gasteiger partial charge on any atom is -0.395 e. The zero-order valence-electron chi connectivity index (χ0n) is 14.7. The number of rotatable bonds is 5. The van der Waals surface area contributed by atoms with Gasteiger partial charge in [0.1, 0.15) is 22.9 Å². The quantitative estimate of drug-likeness (QED) is 0.537. The first-order valence-electron chi connectivity index (χ1n) is 8.54. The van der Waals surface area contributed by atoms with Crippen LogP contribution in [0.15, 0.2) is 61.2 Å². The molecule has 0 unspecified atom stereocenters. The monoisotopic (exact) mass is 379 g/mol. The van der Waals surface area contributed by atoms with Crippen molar-refractivity contribution in [1.29, 1.82) is 0 Å². The Bertz CT molecular complexity index is 1060. The number of nitrogens with zero attached hydrogens (tertiary/aromatic N) is 5. The van der Waals surface area contributed by atoms with E-state index in [-0.39, 0.29) is 6.61 Å². The predicted octanol–water partition coefficient (Wildman–Crippen LogP) is 3.56. The lowest BCUT2D eigenvalue weighted by Crippen LogP contribution is -2.21. The number of pyridine rings is 1. The van der Waals surface area contributed by atoms with Crippen molar-refractivity contribution in [1.82, 2.24) is 19.5 Å². The predicted molar refractivity (Wildman–Crippen MR) is 107 cm³/mol. The number of aliphatic hydroxyl groups excluding tert-OH is 1. The summed E-state index contributed by atoms with van der Waals surface area (Å²) in [6, 6.07) is 13.9. The van der Waals surface area contributed by atoms with Crippen molar-refractivity contribution >= 4 is 28.5 Å². The van der Waals surface area contributed by atoms with Gasteiger partial charge < -0.3 is 14.6 Å². The fourth-order valence-electron chi connectivity index (χ4n) is 3.06. The number of fused-ring (bicyclic) bond motifs is 1. The third-order valence-corrected chi connectivity index (χ3v) is 4.74. The minimum absolute atomic E-state index is 0.0808. The van der Waals surface area contributed by atoms with Crippen LogP contribution in [0.2, 0.25) is 5.15 Å². The van der Waals surface area contributed by atoms with Crippen LogP contribution in [0, 0.1) is 0 Å². The van der Waals surface area contributed by atoms with E-state index in [9.17, 15) is 0 Å². The summed E-state index contributed by atoms with van der Waals surface area (Å²) >= 11 is 6.41. The Kier molecular flexibility index (Phi) is 4.75. The summed E-state index contributed by atoms with van der Waals surface area (Å²) in [6.07, 6.45) is 5.28. The van der Waals surface area contributed by atoms with Gasteiger partial charge in [-0.15, -0.1) is 0 Å². The van der Waals surface area contributed by atoms with Crippen LogP contribution in [-0.4, -0.2) is 44.8 Å². The number of hydrogen-bond acceptors (Lipinski definition) is 5. The van der Waals surface area contributed by atoms with E-state index in [1.54, 1.807) is 6.20 Å². The van der Waals surface area contributed by atoms with E-state index in [1.807, 2.05) is 65.2 Å². The second-order valence-electron chi connectivity index (χ2n) is 6.16. The second kappa shape index (κ2) is 7.34. The lowest BCUT2D eigenvalue weighted by atomic mass is 10.1. The fraction of sp³-hybridized carbons (Fsp3) is 0.150. The average Bonchev–Trinajstić information content (AvgIpc) is 3.10. The largest absolute Gasteiger partial charge is 0.395 e. The Morgan fingerprint density at radius 3 is 2.59 bits per heavy atom. The first kappa shape index (κ1) is 17.5. The Morgan fingerprint density at radius 2 is 1.89 bits per heavy atom. The highest BCUT2D eigenvalue weighted by Gasteiger charge is 2.16. The molecule has 0 aliphatic heterocycles. The van der Waals surface area contributed by atoms with Crippen LogP contribution in [0.1, 0.15) is 0 Å². The maximum Gasteiger partial charge on any atom is 0.150 e. The van der Waals surface area contributed by atoms with Gasteiger partial charge in [-0.05, 0) is 24.3 Å². The Morgan fingerprint density at radius 1 is 1.07 bits per heavy atom. The molecule has 6 nitrogen and oxygen atoms in total. The number of aliphatic hydroxyl groups is 1. The summed E-state index contributed by atoms with van der Waals surface area (Å²) in [7, 11) is 1.89. The SMILES string of the molecule is CN(CCO)c1ccc(-c2cn(-c3ccccc3)c3ncnc(Cl)c23)cn1. The number of halogens is 1. The van der Waals surface area contributed by atoms with Crippen molar-refractivity contribution in [3.8, 4) is 16.8 Å². The van der Waals surface area contributed by atoms with E-state index in [2.05, 4.69) is 15.0 Å². The summed E-state index contributed by atoms with van der Waals surface area (Å²) in [6.45, 7) is 0.608. The van der Waals surface area contributed by atoms with Gasteiger partial charge in [0.2, 0.25) is 0 Å². The van der Waals surface area contributed by atoms with Gasteiger partial charge in [0.05, 0.1) is 12.0 Å². The van der Waals surface area contributed by atoms with Crippen LogP contribution in [-0.2, 0) is 0 Å². The number of likely N-dealkylation sites (N-methyl/N-ethyl adjacent to an activating group) is 1. The molecule has 0 amide bonds. The van der Waals surface area contributed by atoms with Gasteiger partial charge in [-0.3, -0.25) is 0 Å². The first-order valence-corrected chi connectivity index (χ1v) is 8.92. The van der Waals surface area contributed by atoms with Crippen LogP contribution in [0.5, 0.6) is 0 Å². The summed E-state index contributed by atoms with van der Waals surface area (Å²) in [4.78, 5) is 15.0. The molecule has 136 valence electrons. The van der Waals surface area contributed by atoms with Crippen molar-refractivity contribution in [2.75, 3.05) is 25.1 Å². The van der Waals surface area contributed by atoms with E-state index in [0.717, 1.165) is 33.7 Å². The van der Waals surface area contributed by atoms with E-state index >= 15 is 0 Å². The van der Waals surface area contributed by atoms with E-state index in [4.69, 9.17) is 16.7 Å². The van der Waals surface area contributed by atoms with Crippen molar-refractivity contribution < 1.29 is 5.11 Å². The van der Waals surface area contributed by atoms with Crippen LogP contribution in [0.4, 0.5) is 5.82 Å². The van der Waals surface area contributed by atoms with Crippen molar-refractivity contribution in [2.24, 2.45) is 0 Å². The van der Waals surface area contributed by atoms with Crippen LogP contribution < -0.4 is 4.90 Å². The van der Waals surface area contributed by atoms with E-state index in [0.29, 0.717) is 11.7 Å². The normalized spacial score (nSPS) is 11.1. The van der Waals surface area contributed by atoms with Crippen LogP contribution >= 0.6 is 11.6 Å². The molecular weight excluding hydrogens is 362 g/mol. The second-order valence-corrected chi connectivity index (χ2v) is 6.52.